The molecule has 0 bridgehead atoms. The van der Waals surface area contributed by atoms with Gasteiger partial charge in [-0.3, -0.25) is 9.78 Å². The summed E-state index contributed by atoms with van der Waals surface area (Å²) >= 11 is 2.90. The molecule has 0 saturated carbocycles. The summed E-state index contributed by atoms with van der Waals surface area (Å²) in [7, 11) is 0. The Labute approximate surface area is 183 Å². The number of thioether (sulfide) groups is 1. The Bertz CT molecular complexity index is 1080. The number of carbonyl (C=O) groups excluding carboxylic acids is 1. The summed E-state index contributed by atoms with van der Waals surface area (Å²) in [5, 5.41) is 22.5. The molecule has 154 valence electrons. The first-order valence-corrected chi connectivity index (χ1v) is 11.8. The van der Waals surface area contributed by atoms with Crippen molar-refractivity contribution in [2.24, 2.45) is 0 Å². The summed E-state index contributed by atoms with van der Waals surface area (Å²) < 4.78 is 1.98. The summed E-state index contributed by atoms with van der Waals surface area (Å²) in [5.74, 6) is 0.808. The van der Waals surface area contributed by atoms with Crippen LogP contribution in [0.5, 0.6) is 0 Å². The normalized spacial score (nSPS) is 13.3. The van der Waals surface area contributed by atoms with E-state index in [1.165, 1.54) is 23.1 Å². The number of hydrogen-bond acceptors (Lipinski definition) is 7. The van der Waals surface area contributed by atoms with Gasteiger partial charge in [-0.2, -0.15) is 5.26 Å². The van der Waals surface area contributed by atoms with Gasteiger partial charge in [0.2, 0.25) is 5.91 Å². The van der Waals surface area contributed by atoms with E-state index in [2.05, 4.69) is 26.6 Å². The molecule has 0 spiro atoms. The molecule has 30 heavy (non-hydrogen) atoms. The van der Waals surface area contributed by atoms with Crippen molar-refractivity contribution in [1.29, 1.82) is 5.26 Å². The summed E-state index contributed by atoms with van der Waals surface area (Å²) in [6.45, 7) is 2.71. The summed E-state index contributed by atoms with van der Waals surface area (Å²) in [4.78, 5) is 18.0. The summed E-state index contributed by atoms with van der Waals surface area (Å²) in [5.41, 5.74) is 2.67. The van der Waals surface area contributed by atoms with Crippen molar-refractivity contribution in [2.45, 2.75) is 50.7 Å². The smallest absolute Gasteiger partial charge is 0.235 e. The van der Waals surface area contributed by atoms with Crippen LogP contribution in [0.25, 0.3) is 11.4 Å². The minimum Gasteiger partial charge on any atom is -0.316 e. The first-order valence-electron chi connectivity index (χ1n) is 10.0. The molecule has 0 aliphatic heterocycles. The van der Waals surface area contributed by atoms with Gasteiger partial charge >= 0.3 is 0 Å². The van der Waals surface area contributed by atoms with Gasteiger partial charge in [-0.25, -0.2) is 0 Å². The molecule has 9 heteroatoms. The van der Waals surface area contributed by atoms with Gasteiger partial charge in [0, 0.05) is 29.4 Å². The van der Waals surface area contributed by atoms with Crippen LogP contribution in [0.3, 0.4) is 0 Å². The lowest BCUT2D eigenvalue weighted by molar-refractivity contribution is -0.113. The maximum atomic E-state index is 12.6. The van der Waals surface area contributed by atoms with Crippen molar-refractivity contribution in [3.63, 3.8) is 0 Å². The van der Waals surface area contributed by atoms with Gasteiger partial charge in [-0.15, -0.1) is 21.5 Å². The zero-order valence-electron chi connectivity index (χ0n) is 16.7. The fourth-order valence-electron chi connectivity index (χ4n) is 3.63. The van der Waals surface area contributed by atoms with Gasteiger partial charge < -0.3 is 9.88 Å². The molecule has 0 fully saturated rings. The number of thiophene rings is 1. The highest BCUT2D eigenvalue weighted by molar-refractivity contribution is 7.99. The zero-order valence-corrected chi connectivity index (χ0v) is 18.4. The average Bonchev–Trinajstić information content (AvgIpc) is 3.25. The number of aromatic nitrogens is 4. The standard InChI is InChI=1S/C21H22N6OS2/c1-2-27-19(14-7-6-10-23-12-14)25-26-21(27)29-13-18(28)24-20-16(11-22)15-8-4-3-5-9-17(15)30-20/h6-7,10,12H,2-5,8-9,13H2,1H3,(H,24,28). The van der Waals surface area contributed by atoms with Crippen molar-refractivity contribution in [3.05, 3.63) is 40.5 Å². The number of pyridine rings is 1. The highest BCUT2D eigenvalue weighted by Crippen LogP contribution is 2.37. The molecule has 1 aliphatic carbocycles. The van der Waals surface area contributed by atoms with Gasteiger partial charge in [-0.05, 0) is 50.3 Å². The second-order valence-electron chi connectivity index (χ2n) is 7.01. The predicted molar refractivity (Wildman–Crippen MR) is 119 cm³/mol. The van der Waals surface area contributed by atoms with Crippen LogP contribution in [-0.2, 0) is 24.2 Å². The molecule has 4 rings (SSSR count). The molecule has 3 aromatic rings. The zero-order chi connectivity index (χ0) is 20.9. The molecule has 1 N–H and O–H groups in total. The largest absolute Gasteiger partial charge is 0.316 e. The maximum absolute atomic E-state index is 12.6. The van der Waals surface area contributed by atoms with Gasteiger partial charge in [0.15, 0.2) is 11.0 Å². The third kappa shape index (κ3) is 4.25. The number of anilines is 1. The van der Waals surface area contributed by atoms with E-state index in [0.717, 1.165) is 42.6 Å². The first kappa shape index (κ1) is 20.6. The Kier molecular flexibility index (Phi) is 6.45. The SMILES string of the molecule is CCn1c(SCC(=O)Nc2sc3c(c2C#N)CCCCC3)nnc1-c1cccnc1. The minimum atomic E-state index is -0.138. The average molecular weight is 439 g/mol. The van der Waals surface area contributed by atoms with Crippen LogP contribution in [0, 0.1) is 11.3 Å². The van der Waals surface area contributed by atoms with E-state index in [1.54, 1.807) is 23.7 Å². The maximum Gasteiger partial charge on any atom is 0.235 e. The second-order valence-corrected chi connectivity index (χ2v) is 9.06. The number of aryl methyl sites for hydroxylation is 1. The summed E-state index contributed by atoms with van der Waals surface area (Å²) in [6.07, 6.45) is 8.84. The van der Waals surface area contributed by atoms with Crippen LogP contribution >= 0.6 is 23.1 Å². The van der Waals surface area contributed by atoms with Crippen molar-refractivity contribution in [3.8, 4) is 17.5 Å². The Morgan fingerprint density at radius 3 is 2.97 bits per heavy atom. The molecule has 7 nitrogen and oxygen atoms in total. The molecular formula is C21H22N6OS2. The van der Waals surface area contributed by atoms with Gasteiger partial charge in [0.05, 0.1) is 11.3 Å². The fraction of sp³-hybridized carbons (Fsp3) is 0.381. The van der Waals surface area contributed by atoms with E-state index < -0.39 is 0 Å². The van der Waals surface area contributed by atoms with Crippen molar-refractivity contribution in [2.75, 3.05) is 11.1 Å². The van der Waals surface area contributed by atoms with Crippen LogP contribution in [0.15, 0.2) is 29.7 Å². The number of rotatable bonds is 6. The third-order valence-electron chi connectivity index (χ3n) is 5.07. The van der Waals surface area contributed by atoms with Gasteiger partial charge in [0.25, 0.3) is 0 Å². The number of hydrogen-bond donors (Lipinski definition) is 1. The molecule has 1 aliphatic rings. The number of nitrogens with one attached hydrogen (secondary N) is 1. The van der Waals surface area contributed by atoms with E-state index in [4.69, 9.17) is 0 Å². The van der Waals surface area contributed by atoms with Crippen molar-refractivity contribution < 1.29 is 4.79 Å². The first-order chi connectivity index (χ1) is 14.7. The number of amides is 1. The van der Waals surface area contributed by atoms with Crippen LogP contribution in [0.4, 0.5) is 5.00 Å². The van der Waals surface area contributed by atoms with Crippen LogP contribution in [-0.4, -0.2) is 31.4 Å². The summed E-state index contributed by atoms with van der Waals surface area (Å²) in [6, 6.07) is 6.11. The van der Waals surface area contributed by atoms with Crippen molar-refractivity contribution in [1.82, 2.24) is 19.7 Å². The van der Waals surface area contributed by atoms with E-state index >= 15 is 0 Å². The Balaban J connectivity index is 1.45. The molecule has 0 saturated heterocycles. The Hall–Kier alpha value is -2.70. The highest BCUT2D eigenvalue weighted by Gasteiger charge is 2.21. The van der Waals surface area contributed by atoms with Crippen LogP contribution < -0.4 is 5.32 Å². The molecular weight excluding hydrogens is 416 g/mol. The topological polar surface area (TPSA) is 96.5 Å². The second kappa shape index (κ2) is 9.41. The Morgan fingerprint density at radius 1 is 1.33 bits per heavy atom. The predicted octanol–water partition coefficient (Wildman–Crippen LogP) is 4.29. The number of fused-ring (bicyclic) bond motifs is 1. The van der Waals surface area contributed by atoms with E-state index in [9.17, 15) is 10.1 Å². The molecule has 3 heterocycles. The third-order valence-corrected chi connectivity index (χ3v) is 7.25. The quantitative estimate of drug-likeness (QED) is 0.455. The van der Waals surface area contributed by atoms with E-state index in [1.807, 2.05) is 23.6 Å². The minimum absolute atomic E-state index is 0.138. The molecule has 0 radical (unpaired) electrons. The van der Waals surface area contributed by atoms with Gasteiger partial charge in [0.1, 0.15) is 11.1 Å². The van der Waals surface area contributed by atoms with E-state index in [-0.39, 0.29) is 11.7 Å². The van der Waals surface area contributed by atoms with Crippen molar-refractivity contribution >= 4 is 34.0 Å². The van der Waals surface area contributed by atoms with E-state index in [0.29, 0.717) is 22.3 Å². The lowest BCUT2D eigenvalue weighted by atomic mass is 10.1. The number of nitrogens with zero attached hydrogens (tertiary/aromatic N) is 5. The van der Waals surface area contributed by atoms with Crippen LogP contribution in [0.1, 0.15) is 42.2 Å². The lowest BCUT2D eigenvalue weighted by Crippen LogP contribution is -2.14. The lowest BCUT2D eigenvalue weighted by Gasteiger charge is -2.07. The molecule has 0 unspecified atom stereocenters. The molecule has 3 aromatic heterocycles. The van der Waals surface area contributed by atoms with Crippen LogP contribution in [0.2, 0.25) is 0 Å². The number of nitriles is 1. The molecule has 0 atom stereocenters. The monoisotopic (exact) mass is 438 g/mol. The molecule has 1 amide bonds. The highest BCUT2D eigenvalue weighted by atomic mass is 32.2. The Morgan fingerprint density at radius 2 is 2.20 bits per heavy atom. The van der Waals surface area contributed by atoms with Gasteiger partial charge in [-0.1, -0.05) is 18.2 Å². The molecule has 0 aromatic carbocycles. The number of carbonyl (C=O) groups is 1. The fourth-order valence-corrected chi connectivity index (χ4v) is 5.69.